The number of aromatic nitrogens is 2. The fourth-order valence-corrected chi connectivity index (χ4v) is 1.98. The molecule has 1 saturated carbocycles. The third-order valence-electron chi connectivity index (χ3n) is 3.25. The Hall–Kier alpha value is -1.36. The lowest BCUT2D eigenvalue weighted by atomic mass is 10.3. The zero-order valence-corrected chi connectivity index (χ0v) is 12.5. The highest BCUT2D eigenvalue weighted by Gasteiger charge is 2.28. The van der Waals surface area contributed by atoms with Gasteiger partial charge in [0.1, 0.15) is 16.8 Å². The normalized spacial score (nSPS) is 14.4. The molecule has 104 valence electrons. The Morgan fingerprint density at radius 2 is 1.95 bits per heavy atom. The van der Waals surface area contributed by atoms with Gasteiger partial charge in [-0.2, -0.15) is 0 Å². The number of hydrogen-bond donors (Lipinski definition) is 0. The molecule has 0 N–H and O–H groups in total. The summed E-state index contributed by atoms with van der Waals surface area (Å²) in [5.41, 5.74) is 0.820. The van der Waals surface area contributed by atoms with E-state index in [2.05, 4.69) is 9.97 Å². The van der Waals surface area contributed by atoms with Crippen molar-refractivity contribution in [1.82, 2.24) is 14.9 Å². The van der Waals surface area contributed by atoms with Crippen LogP contribution in [0.3, 0.4) is 0 Å². The van der Waals surface area contributed by atoms with Crippen molar-refractivity contribution >= 4 is 23.3 Å². The lowest BCUT2D eigenvalue weighted by Crippen LogP contribution is -2.35. The highest BCUT2D eigenvalue weighted by Crippen LogP contribution is 2.39. The molecule has 0 aromatic carbocycles. The average Bonchev–Trinajstić information content (AvgIpc) is 3.16. The van der Waals surface area contributed by atoms with Crippen LogP contribution in [0.4, 0.5) is 5.82 Å². The molecule has 5 nitrogen and oxygen atoms in total. The van der Waals surface area contributed by atoms with Crippen molar-refractivity contribution in [3.8, 4) is 0 Å². The van der Waals surface area contributed by atoms with Crippen molar-refractivity contribution in [2.75, 3.05) is 32.6 Å². The minimum Gasteiger partial charge on any atom is -0.350 e. The van der Waals surface area contributed by atoms with E-state index in [-0.39, 0.29) is 12.5 Å². The summed E-state index contributed by atoms with van der Waals surface area (Å²) < 4.78 is 0. The Morgan fingerprint density at radius 1 is 1.32 bits per heavy atom. The standard InChI is InChI=1S/C13H19ClN4O/c1-8-11(14)15-12(9-5-6-9)16-13(8)18(4)7-10(19)17(2)3/h9H,5-7H2,1-4H3. The van der Waals surface area contributed by atoms with Crippen LogP contribution in [0.15, 0.2) is 0 Å². The SMILES string of the molecule is Cc1c(Cl)nc(C2CC2)nc1N(C)CC(=O)N(C)C. The fraction of sp³-hybridized carbons (Fsp3) is 0.615. The van der Waals surface area contributed by atoms with Crippen LogP contribution in [0.25, 0.3) is 0 Å². The van der Waals surface area contributed by atoms with Gasteiger partial charge >= 0.3 is 0 Å². The van der Waals surface area contributed by atoms with Gasteiger partial charge in [0.2, 0.25) is 5.91 Å². The third-order valence-corrected chi connectivity index (χ3v) is 3.62. The van der Waals surface area contributed by atoms with Crippen molar-refractivity contribution in [2.24, 2.45) is 0 Å². The Labute approximate surface area is 118 Å². The number of nitrogens with zero attached hydrogens (tertiary/aromatic N) is 4. The minimum atomic E-state index is 0.0320. The predicted molar refractivity (Wildman–Crippen MR) is 75.7 cm³/mol. The summed E-state index contributed by atoms with van der Waals surface area (Å²) in [6.07, 6.45) is 2.25. The second-order valence-corrected chi connectivity index (χ2v) is 5.60. The zero-order valence-electron chi connectivity index (χ0n) is 11.8. The van der Waals surface area contributed by atoms with Gasteiger partial charge in [0.25, 0.3) is 0 Å². The molecule has 1 aromatic heterocycles. The van der Waals surface area contributed by atoms with E-state index in [0.717, 1.165) is 30.0 Å². The summed E-state index contributed by atoms with van der Waals surface area (Å²) in [4.78, 5) is 24.0. The number of carbonyl (C=O) groups is 1. The van der Waals surface area contributed by atoms with Gasteiger partial charge < -0.3 is 9.80 Å². The van der Waals surface area contributed by atoms with Crippen LogP contribution >= 0.6 is 11.6 Å². The number of hydrogen-bond acceptors (Lipinski definition) is 4. The largest absolute Gasteiger partial charge is 0.350 e. The van der Waals surface area contributed by atoms with Gasteiger partial charge in [-0.15, -0.1) is 0 Å². The number of likely N-dealkylation sites (N-methyl/N-ethyl adjacent to an activating group) is 2. The molecule has 1 fully saturated rings. The molecule has 1 amide bonds. The minimum absolute atomic E-state index is 0.0320. The van der Waals surface area contributed by atoms with E-state index in [4.69, 9.17) is 11.6 Å². The molecule has 6 heteroatoms. The van der Waals surface area contributed by atoms with Crippen LogP contribution in [0.5, 0.6) is 0 Å². The first-order chi connectivity index (χ1) is 8.90. The van der Waals surface area contributed by atoms with Crippen molar-refractivity contribution < 1.29 is 4.79 Å². The Balaban J connectivity index is 2.24. The molecule has 19 heavy (non-hydrogen) atoms. The molecule has 0 bridgehead atoms. The number of carbonyl (C=O) groups excluding carboxylic acids is 1. The van der Waals surface area contributed by atoms with Crippen molar-refractivity contribution in [2.45, 2.75) is 25.7 Å². The lowest BCUT2D eigenvalue weighted by Gasteiger charge is -2.22. The summed E-state index contributed by atoms with van der Waals surface area (Å²) in [6, 6.07) is 0. The topological polar surface area (TPSA) is 49.3 Å². The molecule has 0 unspecified atom stereocenters. The van der Waals surface area contributed by atoms with Gasteiger partial charge in [-0.05, 0) is 19.8 Å². The van der Waals surface area contributed by atoms with Crippen molar-refractivity contribution in [1.29, 1.82) is 0 Å². The highest BCUT2D eigenvalue weighted by atomic mass is 35.5. The van der Waals surface area contributed by atoms with E-state index in [0.29, 0.717) is 11.1 Å². The van der Waals surface area contributed by atoms with Crippen LogP contribution < -0.4 is 4.90 Å². The van der Waals surface area contributed by atoms with E-state index in [9.17, 15) is 4.79 Å². The van der Waals surface area contributed by atoms with Crippen LogP contribution in [0, 0.1) is 6.92 Å². The van der Waals surface area contributed by atoms with Gasteiger partial charge in [-0.3, -0.25) is 4.79 Å². The number of amides is 1. The highest BCUT2D eigenvalue weighted by molar-refractivity contribution is 6.30. The maximum Gasteiger partial charge on any atom is 0.241 e. The number of rotatable bonds is 4. The molecule has 0 atom stereocenters. The van der Waals surface area contributed by atoms with E-state index in [1.165, 1.54) is 0 Å². The van der Waals surface area contributed by atoms with Crippen molar-refractivity contribution in [3.05, 3.63) is 16.5 Å². The molecule has 1 aliphatic rings. The maximum atomic E-state index is 11.8. The van der Waals surface area contributed by atoms with Crippen LogP contribution in [-0.2, 0) is 4.79 Å². The molecule has 1 aliphatic carbocycles. The second kappa shape index (κ2) is 5.33. The first kappa shape index (κ1) is 14.1. The van der Waals surface area contributed by atoms with E-state index < -0.39 is 0 Å². The molecule has 0 spiro atoms. The maximum absolute atomic E-state index is 11.8. The van der Waals surface area contributed by atoms with Gasteiger partial charge in [0.15, 0.2) is 0 Å². The van der Waals surface area contributed by atoms with Gasteiger partial charge in [0.05, 0.1) is 6.54 Å². The second-order valence-electron chi connectivity index (χ2n) is 5.24. The Kier molecular flexibility index (Phi) is 3.94. The Bertz CT molecular complexity index is 500. The van der Waals surface area contributed by atoms with E-state index >= 15 is 0 Å². The molecule has 1 heterocycles. The van der Waals surface area contributed by atoms with Crippen LogP contribution in [0.2, 0.25) is 5.15 Å². The van der Waals surface area contributed by atoms with Crippen molar-refractivity contribution in [3.63, 3.8) is 0 Å². The first-order valence-corrected chi connectivity index (χ1v) is 6.73. The number of halogens is 1. The molecular formula is C13H19ClN4O. The summed E-state index contributed by atoms with van der Waals surface area (Å²) in [6.45, 7) is 2.16. The summed E-state index contributed by atoms with van der Waals surface area (Å²) in [7, 11) is 5.33. The van der Waals surface area contributed by atoms with Gasteiger partial charge in [-0.25, -0.2) is 9.97 Å². The van der Waals surface area contributed by atoms with Crippen LogP contribution in [0.1, 0.15) is 30.1 Å². The van der Waals surface area contributed by atoms with E-state index in [1.54, 1.807) is 19.0 Å². The first-order valence-electron chi connectivity index (χ1n) is 6.35. The average molecular weight is 283 g/mol. The zero-order chi connectivity index (χ0) is 14.2. The quantitative estimate of drug-likeness (QED) is 0.791. The fourth-order valence-electron chi connectivity index (χ4n) is 1.81. The smallest absolute Gasteiger partial charge is 0.241 e. The van der Waals surface area contributed by atoms with Crippen LogP contribution in [-0.4, -0.2) is 48.5 Å². The Morgan fingerprint density at radius 3 is 2.47 bits per heavy atom. The monoisotopic (exact) mass is 282 g/mol. The van der Waals surface area contributed by atoms with Gasteiger partial charge in [0, 0.05) is 32.6 Å². The molecule has 2 rings (SSSR count). The summed E-state index contributed by atoms with van der Waals surface area (Å²) in [5.74, 6) is 2.02. The lowest BCUT2D eigenvalue weighted by molar-refractivity contribution is -0.127. The molecule has 0 radical (unpaired) electrons. The number of anilines is 1. The molecule has 0 aliphatic heterocycles. The van der Waals surface area contributed by atoms with E-state index in [1.807, 2.05) is 18.9 Å². The molecular weight excluding hydrogens is 264 g/mol. The summed E-state index contributed by atoms with van der Waals surface area (Å²) in [5, 5.41) is 0.482. The molecule has 1 aromatic rings. The molecule has 0 saturated heterocycles. The summed E-state index contributed by atoms with van der Waals surface area (Å²) >= 11 is 6.16. The predicted octanol–water partition coefficient (Wildman–Crippen LogP) is 1.84. The van der Waals surface area contributed by atoms with Gasteiger partial charge in [-0.1, -0.05) is 11.6 Å². The third kappa shape index (κ3) is 3.15.